The maximum atomic E-state index is 12.6. The van der Waals surface area contributed by atoms with E-state index in [1.54, 1.807) is 24.3 Å². The lowest BCUT2D eigenvalue weighted by molar-refractivity contribution is -0.166. The molecule has 0 aliphatic carbocycles. The van der Waals surface area contributed by atoms with Gasteiger partial charge in [0.2, 0.25) is 5.91 Å². The van der Waals surface area contributed by atoms with Gasteiger partial charge in [-0.2, -0.15) is 0 Å². The topological polar surface area (TPSA) is 147 Å². The number of nitrogens with zero attached hydrogens (tertiary/aromatic N) is 1. The lowest BCUT2D eigenvalue weighted by atomic mass is 10.1. The van der Waals surface area contributed by atoms with Gasteiger partial charge < -0.3 is 29.0 Å². The van der Waals surface area contributed by atoms with Crippen LogP contribution in [0.1, 0.15) is 19.4 Å². The first-order chi connectivity index (χ1) is 17.1. The highest BCUT2D eigenvalue weighted by molar-refractivity contribution is 9.11. The summed E-state index contributed by atoms with van der Waals surface area (Å²) < 4.78 is 25.5. The standard InChI is InChI=1S/C23H27BrN2O10/c1-13(27)25-19(22(30)33-4)18(24)21(35-14(2)28)20(36-17(29)12-32-3)16-10-26(16)23(31)34-11-15-8-6-5-7-9-15/h5-9,16,20-21H,10-12H2,1-4H3,(H,25,27)/b19-18-/t16-,20+,21+,26?/m0/s1. The normalized spacial score (nSPS) is 16.6. The van der Waals surface area contributed by atoms with Crippen molar-refractivity contribution < 1.29 is 47.7 Å². The molecule has 36 heavy (non-hydrogen) atoms. The summed E-state index contributed by atoms with van der Waals surface area (Å²) >= 11 is 3.18. The highest BCUT2D eigenvalue weighted by atomic mass is 79.9. The molecular weight excluding hydrogens is 544 g/mol. The maximum Gasteiger partial charge on any atom is 0.410 e. The largest absolute Gasteiger partial charge is 0.464 e. The van der Waals surface area contributed by atoms with Crippen LogP contribution in [0.3, 0.4) is 0 Å². The average Bonchev–Trinajstić information content (AvgIpc) is 3.63. The number of hydrogen-bond acceptors (Lipinski definition) is 10. The Bertz CT molecular complexity index is 1010. The van der Waals surface area contributed by atoms with Gasteiger partial charge >= 0.3 is 24.0 Å². The molecule has 13 heteroatoms. The summed E-state index contributed by atoms with van der Waals surface area (Å²) in [4.78, 5) is 62.1. The number of nitrogens with one attached hydrogen (secondary N) is 1. The quantitative estimate of drug-likeness (QED) is 0.179. The number of benzene rings is 1. The van der Waals surface area contributed by atoms with Crippen LogP contribution in [0, 0.1) is 0 Å². The Morgan fingerprint density at radius 3 is 2.31 bits per heavy atom. The van der Waals surface area contributed by atoms with Gasteiger partial charge in [-0.1, -0.05) is 30.3 Å². The van der Waals surface area contributed by atoms with Gasteiger partial charge in [0.15, 0.2) is 12.2 Å². The predicted octanol–water partition coefficient (Wildman–Crippen LogP) is 1.41. The monoisotopic (exact) mass is 570 g/mol. The van der Waals surface area contributed by atoms with Gasteiger partial charge in [-0.3, -0.25) is 14.5 Å². The van der Waals surface area contributed by atoms with Crippen LogP contribution in [0.4, 0.5) is 4.79 Å². The molecule has 2 rings (SSSR count). The minimum atomic E-state index is -1.43. The molecule has 196 valence electrons. The summed E-state index contributed by atoms with van der Waals surface area (Å²) in [7, 11) is 2.37. The highest BCUT2D eigenvalue weighted by Gasteiger charge is 2.52. The Labute approximate surface area is 215 Å². The first kappa shape index (κ1) is 28.8. The second-order valence-corrected chi connectivity index (χ2v) is 8.43. The lowest BCUT2D eigenvalue weighted by Gasteiger charge is -2.27. The zero-order valence-electron chi connectivity index (χ0n) is 20.1. The minimum Gasteiger partial charge on any atom is -0.464 e. The first-order valence-electron chi connectivity index (χ1n) is 10.7. The molecular formula is C23H27BrN2O10. The Balaban J connectivity index is 2.35. The summed E-state index contributed by atoms with van der Waals surface area (Å²) in [5.41, 5.74) is 0.400. The molecule has 1 fully saturated rings. The summed E-state index contributed by atoms with van der Waals surface area (Å²) in [6, 6.07) is 8.23. The molecule has 0 radical (unpaired) electrons. The van der Waals surface area contributed by atoms with Crippen LogP contribution in [0.25, 0.3) is 0 Å². The van der Waals surface area contributed by atoms with Gasteiger partial charge in [0.25, 0.3) is 0 Å². The van der Waals surface area contributed by atoms with Crippen molar-refractivity contribution in [3.05, 3.63) is 46.1 Å². The molecule has 12 nitrogen and oxygen atoms in total. The molecule has 0 unspecified atom stereocenters. The first-order valence-corrected chi connectivity index (χ1v) is 11.5. The Morgan fingerprint density at radius 1 is 1.08 bits per heavy atom. The fourth-order valence-electron chi connectivity index (χ4n) is 3.16. The van der Waals surface area contributed by atoms with E-state index in [2.05, 4.69) is 21.2 Å². The van der Waals surface area contributed by atoms with Crippen molar-refractivity contribution in [3.8, 4) is 0 Å². The number of halogens is 1. The molecule has 0 saturated carbocycles. The summed E-state index contributed by atoms with van der Waals surface area (Å²) in [6.07, 6.45) is -3.40. The molecule has 0 spiro atoms. The molecule has 1 heterocycles. The molecule has 1 aliphatic heterocycles. The maximum absolute atomic E-state index is 12.6. The second kappa shape index (κ2) is 13.6. The summed E-state index contributed by atoms with van der Waals surface area (Å²) in [5.74, 6) is -3.16. The molecule has 0 aromatic heterocycles. The SMILES string of the molecule is COCC(=O)O[C@@H]([C@H](OC(C)=O)/C(Br)=C(/NC(C)=O)C(=O)OC)[C@@H]1CN1C(=O)OCc1ccccc1. The van der Waals surface area contributed by atoms with Crippen LogP contribution in [0.2, 0.25) is 0 Å². The van der Waals surface area contributed by atoms with Crippen LogP contribution in [0.15, 0.2) is 40.5 Å². The number of rotatable bonds is 11. The van der Waals surface area contributed by atoms with Gasteiger partial charge in [-0.15, -0.1) is 0 Å². The van der Waals surface area contributed by atoms with E-state index in [-0.39, 0.29) is 23.3 Å². The molecule has 2 amide bonds. The Hall–Kier alpha value is -3.45. The Morgan fingerprint density at radius 2 is 1.75 bits per heavy atom. The number of carbonyl (C=O) groups excluding carboxylic acids is 5. The van der Waals surface area contributed by atoms with Gasteiger partial charge in [-0.25, -0.2) is 14.4 Å². The number of methoxy groups -OCH3 is 2. The van der Waals surface area contributed by atoms with Gasteiger partial charge in [0.05, 0.1) is 17.6 Å². The zero-order valence-corrected chi connectivity index (χ0v) is 21.7. The third-order valence-electron chi connectivity index (χ3n) is 4.77. The van der Waals surface area contributed by atoms with E-state index in [1.165, 1.54) is 12.0 Å². The van der Waals surface area contributed by atoms with E-state index in [4.69, 9.17) is 23.7 Å². The molecule has 3 atom stereocenters. The van der Waals surface area contributed by atoms with E-state index >= 15 is 0 Å². The number of hydrogen-bond donors (Lipinski definition) is 1. The van der Waals surface area contributed by atoms with Crippen molar-refractivity contribution in [1.82, 2.24) is 10.2 Å². The second-order valence-electron chi connectivity index (χ2n) is 7.57. The molecule has 1 aliphatic rings. The molecule has 1 aromatic carbocycles. The van der Waals surface area contributed by atoms with E-state index in [1.807, 2.05) is 6.07 Å². The summed E-state index contributed by atoms with van der Waals surface area (Å²) in [6.45, 7) is 1.96. The number of ether oxygens (including phenoxy) is 5. The number of carbonyl (C=O) groups is 5. The van der Waals surface area contributed by atoms with E-state index < -0.39 is 54.8 Å². The van der Waals surface area contributed by atoms with E-state index in [0.717, 1.165) is 26.5 Å². The number of amides is 2. The van der Waals surface area contributed by atoms with E-state index in [9.17, 15) is 24.0 Å². The van der Waals surface area contributed by atoms with Crippen molar-refractivity contribution in [2.45, 2.75) is 38.7 Å². The van der Waals surface area contributed by atoms with Crippen molar-refractivity contribution in [2.24, 2.45) is 0 Å². The van der Waals surface area contributed by atoms with Crippen LogP contribution < -0.4 is 5.32 Å². The predicted molar refractivity (Wildman–Crippen MR) is 126 cm³/mol. The van der Waals surface area contributed by atoms with Crippen molar-refractivity contribution in [3.63, 3.8) is 0 Å². The van der Waals surface area contributed by atoms with Crippen molar-refractivity contribution >= 4 is 45.8 Å². The molecule has 1 N–H and O–H groups in total. The van der Waals surface area contributed by atoms with Crippen molar-refractivity contribution in [1.29, 1.82) is 0 Å². The Kier molecular flexibility index (Phi) is 10.9. The third-order valence-corrected chi connectivity index (χ3v) is 5.62. The van der Waals surface area contributed by atoms with Crippen LogP contribution in [-0.4, -0.2) is 80.4 Å². The zero-order chi connectivity index (χ0) is 26.8. The average molecular weight is 571 g/mol. The fourth-order valence-corrected chi connectivity index (χ4v) is 3.78. The van der Waals surface area contributed by atoms with Gasteiger partial charge in [0.1, 0.15) is 18.9 Å². The molecule has 1 aromatic rings. The van der Waals surface area contributed by atoms with Gasteiger partial charge in [0, 0.05) is 27.5 Å². The smallest absolute Gasteiger partial charge is 0.410 e. The lowest BCUT2D eigenvalue weighted by Crippen LogP contribution is -2.43. The number of esters is 3. The minimum absolute atomic E-state index is 0.0169. The molecule has 0 bridgehead atoms. The van der Waals surface area contributed by atoms with Crippen LogP contribution >= 0.6 is 15.9 Å². The van der Waals surface area contributed by atoms with Crippen LogP contribution in [0.5, 0.6) is 0 Å². The van der Waals surface area contributed by atoms with Crippen LogP contribution in [-0.2, 0) is 49.5 Å². The highest BCUT2D eigenvalue weighted by Crippen LogP contribution is 2.33. The fraction of sp³-hybridized carbons (Fsp3) is 0.435. The third kappa shape index (κ3) is 8.34. The molecule has 1 saturated heterocycles. The van der Waals surface area contributed by atoms with E-state index in [0.29, 0.717) is 0 Å². The van der Waals surface area contributed by atoms with Crippen molar-refractivity contribution in [2.75, 3.05) is 27.4 Å². The summed E-state index contributed by atoms with van der Waals surface area (Å²) in [5, 5.41) is 2.31. The van der Waals surface area contributed by atoms with Gasteiger partial charge in [-0.05, 0) is 21.5 Å².